The fourth-order valence-corrected chi connectivity index (χ4v) is 0.814. The Balaban J connectivity index is 3.35. The van der Waals surface area contributed by atoms with Crippen LogP contribution in [0.15, 0.2) is 12.3 Å². The van der Waals surface area contributed by atoms with Crippen molar-refractivity contribution in [1.29, 1.82) is 0 Å². The third-order valence-electron chi connectivity index (χ3n) is 1.34. The quantitative estimate of drug-likeness (QED) is 0.595. The lowest BCUT2D eigenvalue weighted by molar-refractivity contribution is 0.0646. The van der Waals surface area contributed by atoms with Crippen LogP contribution >= 0.6 is 0 Å². The van der Waals surface area contributed by atoms with Crippen molar-refractivity contribution in [3.63, 3.8) is 0 Å². The van der Waals surface area contributed by atoms with Gasteiger partial charge in [0.25, 0.3) is 0 Å². The van der Waals surface area contributed by atoms with E-state index in [4.69, 9.17) is 15.9 Å². The van der Waals surface area contributed by atoms with E-state index in [9.17, 15) is 9.59 Å². The summed E-state index contributed by atoms with van der Waals surface area (Å²) in [6.45, 7) is 0. The number of nitrogens with two attached hydrogens (primary N) is 1. The molecule has 1 aromatic rings. The predicted octanol–water partition coefficient (Wildman–Crippen LogP) is 0.0602. The topological polar surface area (TPSA) is 114 Å². The number of aromatic carboxylic acids is 2. The summed E-state index contributed by atoms with van der Waals surface area (Å²) >= 11 is 0. The van der Waals surface area contributed by atoms with Gasteiger partial charge in [0.15, 0.2) is 5.69 Å². The molecule has 4 N–H and O–H groups in total. The van der Waals surface area contributed by atoms with Gasteiger partial charge >= 0.3 is 11.9 Å². The second kappa shape index (κ2) is 3.10. The van der Waals surface area contributed by atoms with E-state index in [1.165, 1.54) is 0 Å². The Morgan fingerprint density at radius 1 is 1.31 bits per heavy atom. The van der Waals surface area contributed by atoms with Gasteiger partial charge in [0, 0.05) is 0 Å². The van der Waals surface area contributed by atoms with Gasteiger partial charge in [0.2, 0.25) is 0 Å². The van der Waals surface area contributed by atoms with Crippen molar-refractivity contribution in [1.82, 2.24) is 4.98 Å². The second-order valence-electron chi connectivity index (χ2n) is 2.28. The smallest absolute Gasteiger partial charge is 0.355 e. The highest BCUT2D eigenvalue weighted by Gasteiger charge is 2.17. The Morgan fingerprint density at radius 3 is 2.38 bits per heavy atom. The van der Waals surface area contributed by atoms with E-state index in [0.29, 0.717) is 0 Å². The van der Waals surface area contributed by atoms with Gasteiger partial charge in [-0.15, -0.1) is 0 Å². The molecule has 0 spiro atoms. The number of nitrogens with zero attached hydrogens (tertiary/aromatic N) is 1. The number of hydrogen-bond donors (Lipinski definition) is 3. The van der Waals surface area contributed by atoms with E-state index in [1.54, 1.807) is 0 Å². The highest BCUT2D eigenvalue weighted by Crippen LogP contribution is 2.10. The Hall–Kier alpha value is -2.11. The van der Waals surface area contributed by atoms with Gasteiger partial charge < -0.3 is 15.9 Å². The zero-order valence-electron chi connectivity index (χ0n) is 6.39. The summed E-state index contributed by atoms with van der Waals surface area (Å²) in [5.74, 6) is -2.76. The van der Waals surface area contributed by atoms with Gasteiger partial charge in [-0.3, -0.25) is 0 Å². The van der Waals surface area contributed by atoms with Crippen LogP contribution in [0.1, 0.15) is 20.8 Å². The first-order chi connectivity index (χ1) is 6.02. The molecule has 0 bridgehead atoms. The predicted molar refractivity (Wildman–Crippen MR) is 42.6 cm³/mol. The van der Waals surface area contributed by atoms with Crippen molar-refractivity contribution < 1.29 is 19.8 Å². The molecule has 0 radical (unpaired) electrons. The number of nitrogen functional groups attached to an aromatic ring is 1. The first-order valence-corrected chi connectivity index (χ1v) is 3.24. The van der Waals surface area contributed by atoms with Crippen LogP contribution in [0.4, 0.5) is 5.69 Å². The van der Waals surface area contributed by atoms with E-state index >= 15 is 0 Å². The van der Waals surface area contributed by atoms with E-state index in [1.807, 2.05) is 0 Å². The van der Waals surface area contributed by atoms with Crippen LogP contribution in [-0.2, 0) is 0 Å². The van der Waals surface area contributed by atoms with E-state index < -0.39 is 23.2 Å². The van der Waals surface area contributed by atoms with Gasteiger partial charge in [0.1, 0.15) is 0 Å². The van der Waals surface area contributed by atoms with Crippen molar-refractivity contribution in [3.05, 3.63) is 23.5 Å². The lowest BCUT2D eigenvalue weighted by atomic mass is 10.2. The lowest BCUT2D eigenvalue weighted by Gasteiger charge is -2.00. The molecule has 68 valence electrons. The standard InChI is InChI=1S/C7H6N2O4/c8-3-1-4(6(10)11)5(7(12)13)9-2-3/h1-2H,8H2,(H,10,11)(H,12,13). The molecule has 0 aliphatic heterocycles. The zero-order chi connectivity index (χ0) is 10.0. The Morgan fingerprint density at radius 2 is 1.92 bits per heavy atom. The van der Waals surface area contributed by atoms with Crippen molar-refractivity contribution in [2.24, 2.45) is 0 Å². The normalized spacial score (nSPS) is 9.54. The summed E-state index contributed by atoms with van der Waals surface area (Å²) in [4.78, 5) is 24.4. The maximum Gasteiger partial charge on any atom is 0.355 e. The Labute approximate surface area is 72.6 Å². The molecular weight excluding hydrogens is 176 g/mol. The summed E-state index contributed by atoms with van der Waals surface area (Å²) in [6.07, 6.45) is 1.09. The van der Waals surface area contributed by atoms with Gasteiger partial charge in [-0.05, 0) is 6.07 Å². The largest absolute Gasteiger partial charge is 0.478 e. The molecule has 0 unspecified atom stereocenters. The van der Waals surface area contributed by atoms with Crippen molar-refractivity contribution >= 4 is 17.6 Å². The van der Waals surface area contributed by atoms with Crippen molar-refractivity contribution in [2.45, 2.75) is 0 Å². The van der Waals surface area contributed by atoms with Crippen LogP contribution in [0, 0.1) is 0 Å². The maximum absolute atomic E-state index is 10.5. The molecule has 1 aromatic heterocycles. The summed E-state index contributed by atoms with van der Waals surface area (Å²) in [5, 5.41) is 17.1. The minimum atomic E-state index is -1.39. The third kappa shape index (κ3) is 1.73. The molecular formula is C7H6N2O4. The molecule has 0 aliphatic rings. The van der Waals surface area contributed by atoms with Gasteiger partial charge in [0.05, 0.1) is 17.4 Å². The first kappa shape index (κ1) is 8.98. The number of pyridine rings is 1. The molecule has 0 saturated carbocycles. The molecule has 1 heterocycles. The number of aromatic nitrogens is 1. The van der Waals surface area contributed by atoms with Crippen molar-refractivity contribution in [2.75, 3.05) is 5.73 Å². The second-order valence-corrected chi connectivity index (χ2v) is 2.28. The molecule has 0 atom stereocenters. The van der Waals surface area contributed by atoms with Gasteiger partial charge in [-0.25, -0.2) is 14.6 Å². The van der Waals surface area contributed by atoms with Crippen LogP contribution in [0.3, 0.4) is 0 Å². The molecule has 0 aliphatic carbocycles. The van der Waals surface area contributed by atoms with Crippen LogP contribution < -0.4 is 5.73 Å². The monoisotopic (exact) mass is 182 g/mol. The molecule has 6 nitrogen and oxygen atoms in total. The molecule has 1 rings (SSSR count). The molecule has 0 amide bonds. The van der Waals surface area contributed by atoms with E-state index in [-0.39, 0.29) is 5.69 Å². The van der Waals surface area contributed by atoms with Gasteiger partial charge in [-0.2, -0.15) is 0 Å². The summed E-state index contributed by atoms with van der Waals surface area (Å²) in [7, 11) is 0. The average molecular weight is 182 g/mol. The molecule has 0 aromatic carbocycles. The molecule has 6 heteroatoms. The average Bonchev–Trinajstić information content (AvgIpc) is 2.03. The Bertz CT molecular complexity index is 375. The van der Waals surface area contributed by atoms with Crippen LogP contribution in [0.2, 0.25) is 0 Å². The minimum Gasteiger partial charge on any atom is -0.478 e. The highest BCUT2D eigenvalue weighted by atomic mass is 16.4. The van der Waals surface area contributed by atoms with Crippen LogP contribution in [0.25, 0.3) is 0 Å². The minimum absolute atomic E-state index is 0.113. The summed E-state index contributed by atoms with van der Waals surface area (Å²) in [6, 6.07) is 1.05. The van der Waals surface area contributed by atoms with Crippen molar-refractivity contribution in [3.8, 4) is 0 Å². The van der Waals surface area contributed by atoms with E-state index in [0.717, 1.165) is 12.3 Å². The number of hydrogen-bond acceptors (Lipinski definition) is 4. The highest BCUT2D eigenvalue weighted by molar-refractivity contribution is 6.00. The van der Waals surface area contributed by atoms with E-state index in [2.05, 4.69) is 4.98 Å². The molecule has 0 fully saturated rings. The number of anilines is 1. The fourth-order valence-electron chi connectivity index (χ4n) is 0.814. The number of carboxylic acid groups (broad SMARTS) is 2. The summed E-state index contributed by atoms with van der Waals surface area (Å²) < 4.78 is 0. The first-order valence-electron chi connectivity index (χ1n) is 3.24. The van der Waals surface area contributed by atoms with Crippen LogP contribution in [0.5, 0.6) is 0 Å². The number of carbonyl (C=O) groups is 2. The number of carboxylic acids is 2. The Kier molecular flexibility index (Phi) is 2.14. The zero-order valence-corrected chi connectivity index (χ0v) is 6.39. The molecule has 13 heavy (non-hydrogen) atoms. The maximum atomic E-state index is 10.5. The SMILES string of the molecule is Nc1cnc(C(=O)O)c(C(=O)O)c1. The van der Waals surface area contributed by atoms with Gasteiger partial charge in [-0.1, -0.05) is 0 Å². The van der Waals surface area contributed by atoms with Crippen LogP contribution in [-0.4, -0.2) is 27.1 Å². The molecule has 0 saturated heterocycles. The fraction of sp³-hybridized carbons (Fsp3) is 0. The third-order valence-corrected chi connectivity index (χ3v) is 1.34. The summed E-state index contributed by atoms with van der Waals surface area (Å²) in [5.41, 5.74) is 4.44. The lowest BCUT2D eigenvalue weighted by Crippen LogP contribution is -2.11. The number of rotatable bonds is 2.